The summed E-state index contributed by atoms with van der Waals surface area (Å²) in [5, 5.41) is 4.36. The molecule has 3 rings (SSSR count). The predicted octanol–water partition coefficient (Wildman–Crippen LogP) is 2.93. The van der Waals surface area contributed by atoms with E-state index in [0.29, 0.717) is 11.3 Å². The number of imidazole rings is 1. The molecule has 0 atom stereocenters. The maximum Gasteiger partial charge on any atom is 0.179 e. The highest BCUT2D eigenvalue weighted by molar-refractivity contribution is 7.71. The maximum atomic E-state index is 13.2. The van der Waals surface area contributed by atoms with E-state index < -0.39 is 0 Å². The van der Waals surface area contributed by atoms with Crippen LogP contribution in [0.25, 0.3) is 11.2 Å². The lowest BCUT2D eigenvalue weighted by Crippen LogP contribution is -2.04. The molecular weight excluding hydrogens is 263 g/mol. The molecule has 0 aliphatic heterocycles. The second-order valence-electron chi connectivity index (χ2n) is 4.55. The number of aromatic nitrogens is 4. The molecule has 1 aromatic carbocycles. The molecule has 4 nitrogen and oxygen atoms in total. The number of aromatic amines is 1. The topological polar surface area (TPSA) is 38.5 Å². The van der Waals surface area contributed by atoms with Gasteiger partial charge in [0.15, 0.2) is 10.4 Å². The van der Waals surface area contributed by atoms with E-state index in [1.54, 1.807) is 10.7 Å². The Balaban J connectivity index is 2.15. The third kappa shape index (κ3) is 1.98. The van der Waals surface area contributed by atoms with E-state index in [-0.39, 0.29) is 5.82 Å². The summed E-state index contributed by atoms with van der Waals surface area (Å²) < 4.78 is 17.6. The van der Waals surface area contributed by atoms with Gasteiger partial charge in [0.25, 0.3) is 0 Å². The van der Waals surface area contributed by atoms with Crippen LogP contribution in [0.1, 0.15) is 11.3 Å². The fraction of sp³-hybridized carbons (Fsp3) is 0.231. The van der Waals surface area contributed by atoms with Crippen molar-refractivity contribution in [3.05, 3.63) is 46.1 Å². The van der Waals surface area contributed by atoms with Gasteiger partial charge in [0.05, 0.1) is 12.2 Å². The number of nitrogens with one attached hydrogen (secondary N) is 1. The van der Waals surface area contributed by atoms with E-state index >= 15 is 0 Å². The van der Waals surface area contributed by atoms with Gasteiger partial charge in [-0.05, 0) is 36.8 Å². The lowest BCUT2D eigenvalue weighted by Gasteiger charge is -2.05. The number of rotatable bonds is 2. The van der Waals surface area contributed by atoms with Crippen molar-refractivity contribution >= 4 is 23.4 Å². The first kappa shape index (κ1) is 12.1. The molecule has 3 aromatic rings. The van der Waals surface area contributed by atoms with Gasteiger partial charge in [0, 0.05) is 7.05 Å². The van der Waals surface area contributed by atoms with Gasteiger partial charge in [0.1, 0.15) is 11.3 Å². The number of nitrogens with zero attached hydrogens (tertiary/aromatic N) is 3. The highest BCUT2D eigenvalue weighted by atomic mass is 32.1. The summed E-state index contributed by atoms with van der Waals surface area (Å²) in [6, 6.07) is 6.53. The number of fused-ring (bicyclic) bond motifs is 1. The van der Waals surface area contributed by atoms with Crippen LogP contribution < -0.4 is 0 Å². The minimum absolute atomic E-state index is 0.239. The first-order chi connectivity index (χ1) is 9.06. The number of hydrogen-bond acceptors (Lipinski definition) is 2. The Hall–Kier alpha value is -1.95. The Morgan fingerprint density at radius 1 is 1.42 bits per heavy atom. The van der Waals surface area contributed by atoms with E-state index in [4.69, 9.17) is 12.2 Å². The maximum absolute atomic E-state index is 13.2. The number of hydrogen-bond donors (Lipinski definition) is 1. The summed E-state index contributed by atoms with van der Waals surface area (Å²) >= 11 is 5.33. The van der Waals surface area contributed by atoms with Gasteiger partial charge >= 0.3 is 0 Å². The quantitative estimate of drug-likeness (QED) is 0.731. The smallest absolute Gasteiger partial charge is 0.179 e. The standard InChI is InChI=1S/C13H13FN4S/c1-8-11-12(17(2)16-8)18(13(19)15-11)7-9-4-3-5-10(14)6-9/h3-6H,7H2,1-2H3,(H,15,19). The summed E-state index contributed by atoms with van der Waals surface area (Å²) in [5.41, 5.74) is 3.63. The van der Waals surface area contributed by atoms with Crippen LogP contribution in [0.15, 0.2) is 24.3 Å². The predicted molar refractivity (Wildman–Crippen MR) is 74.1 cm³/mol. The highest BCUT2D eigenvalue weighted by Crippen LogP contribution is 2.18. The van der Waals surface area contributed by atoms with Crippen LogP contribution in [0, 0.1) is 17.5 Å². The van der Waals surface area contributed by atoms with Crippen molar-refractivity contribution < 1.29 is 4.39 Å². The van der Waals surface area contributed by atoms with Gasteiger partial charge < -0.3 is 4.98 Å². The normalized spacial score (nSPS) is 11.3. The van der Waals surface area contributed by atoms with Crippen molar-refractivity contribution in [3.63, 3.8) is 0 Å². The second kappa shape index (κ2) is 4.31. The minimum Gasteiger partial charge on any atom is -0.328 e. The van der Waals surface area contributed by atoms with Crippen molar-refractivity contribution in [2.24, 2.45) is 7.05 Å². The molecule has 0 saturated carbocycles. The first-order valence-electron chi connectivity index (χ1n) is 5.93. The fourth-order valence-electron chi connectivity index (χ4n) is 2.34. The molecule has 6 heteroatoms. The van der Waals surface area contributed by atoms with Crippen LogP contribution in [0.5, 0.6) is 0 Å². The van der Waals surface area contributed by atoms with Crippen molar-refractivity contribution in [2.45, 2.75) is 13.5 Å². The second-order valence-corrected chi connectivity index (χ2v) is 4.94. The molecule has 2 heterocycles. The van der Waals surface area contributed by atoms with E-state index in [1.165, 1.54) is 12.1 Å². The monoisotopic (exact) mass is 276 g/mol. The van der Waals surface area contributed by atoms with Gasteiger partial charge in [-0.3, -0.25) is 9.25 Å². The van der Waals surface area contributed by atoms with Crippen molar-refractivity contribution in [3.8, 4) is 0 Å². The summed E-state index contributed by atoms with van der Waals surface area (Å²) in [5.74, 6) is -0.239. The van der Waals surface area contributed by atoms with Crippen LogP contribution in [0.3, 0.4) is 0 Å². The highest BCUT2D eigenvalue weighted by Gasteiger charge is 2.12. The Bertz CT molecular complexity index is 812. The largest absolute Gasteiger partial charge is 0.328 e. The SMILES string of the molecule is Cc1nn(C)c2c1[nH]c(=S)n2Cc1cccc(F)c1. The molecule has 0 amide bonds. The zero-order valence-electron chi connectivity index (χ0n) is 10.6. The Labute approximate surface area is 114 Å². The van der Waals surface area contributed by atoms with Crippen LogP contribution in [0.2, 0.25) is 0 Å². The van der Waals surface area contributed by atoms with Crippen LogP contribution in [-0.2, 0) is 13.6 Å². The van der Waals surface area contributed by atoms with Crippen molar-refractivity contribution in [1.29, 1.82) is 0 Å². The van der Waals surface area contributed by atoms with Crippen LogP contribution in [0.4, 0.5) is 4.39 Å². The van der Waals surface area contributed by atoms with Crippen molar-refractivity contribution in [1.82, 2.24) is 19.3 Å². The van der Waals surface area contributed by atoms with E-state index in [1.807, 2.05) is 24.6 Å². The molecule has 19 heavy (non-hydrogen) atoms. The fourth-order valence-corrected chi connectivity index (χ4v) is 2.59. The molecule has 0 unspecified atom stereocenters. The molecule has 0 spiro atoms. The van der Waals surface area contributed by atoms with Gasteiger partial charge in [-0.1, -0.05) is 12.1 Å². The number of H-pyrrole nitrogens is 1. The summed E-state index contributed by atoms with van der Waals surface area (Å²) in [4.78, 5) is 3.15. The van der Waals surface area contributed by atoms with Gasteiger partial charge in [-0.2, -0.15) is 5.10 Å². The molecule has 1 N–H and O–H groups in total. The molecule has 0 fully saturated rings. The lowest BCUT2D eigenvalue weighted by atomic mass is 10.2. The summed E-state index contributed by atoms with van der Waals surface area (Å²) in [6.45, 7) is 2.45. The van der Waals surface area contributed by atoms with Gasteiger partial charge in [-0.15, -0.1) is 0 Å². The third-order valence-electron chi connectivity index (χ3n) is 3.15. The van der Waals surface area contributed by atoms with Crippen LogP contribution in [-0.4, -0.2) is 19.3 Å². The molecule has 98 valence electrons. The molecule has 0 radical (unpaired) electrons. The average Bonchev–Trinajstić information content (AvgIpc) is 2.80. The number of benzene rings is 1. The zero-order chi connectivity index (χ0) is 13.6. The van der Waals surface area contributed by atoms with Crippen LogP contribution >= 0.6 is 12.2 Å². The first-order valence-corrected chi connectivity index (χ1v) is 6.33. The lowest BCUT2D eigenvalue weighted by molar-refractivity contribution is 0.623. The minimum atomic E-state index is -0.239. The van der Waals surface area contributed by atoms with Crippen molar-refractivity contribution in [2.75, 3.05) is 0 Å². The Morgan fingerprint density at radius 2 is 2.21 bits per heavy atom. The van der Waals surface area contributed by atoms with E-state index in [2.05, 4.69) is 10.1 Å². The molecular formula is C13H13FN4S. The average molecular weight is 276 g/mol. The molecule has 2 aromatic heterocycles. The Morgan fingerprint density at radius 3 is 2.95 bits per heavy atom. The third-order valence-corrected chi connectivity index (χ3v) is 3.48. The molecule has 0 aliphatic carbocycles. The van der Waals surface area contributed by atoms with Gasteiger partial charge in [0.2, 0.25) is 0 Å². The zero-order valence-corrected chi connectivity index (χ0v) is 11.5. The molecule has 0 bridgehead atoms. The number of halogens is 1. The van der Waals surface area contributed by atoms with Gasteiger partial charge in [-0.25, -0.2) is 4.39 Å². The molecule has 0 aliphatic rings. The number of aryl methyl sites for hydroxylation is 2. The molecule has 0 saturated heterocycles. The summed E-state index contributed by atoms with van der Waals surface area (Å²) in [6.07, 6.45) is 0. The summed E-state index contributed by atoms with van der Waals surface area (Å²) in [7, 11) is 1.88. The van der Waals surface area contributed by atoms with E-state index in [9.17, 15) is 4.39 Å². The van der Waals surface area contributed by atoms with E-state index in [0.717, 1.165) is 22.4 Å². The Kier molecular flexibility index (Phi) is 2.74.